The third-order valence-corrected chi connectivity index (χ3v) is 2.27. The average Bonchev–Trinajstić information content (AvgIpc) is 2.27. The summed E-state index contributed by atoms with van der Waals surface area (Å²) < 4.78 is 44.2. The van der Waals surface area contributed by atoms with Gasteiger partial charge in [0, 0.05) is 12.1 Å². The highest BCUT2D eigenvalue weighted by molar-refractivity contribution is 5.34. The molecule has 0 heterocycles. The van der Waals surface area contributed by atoms with Gasteiger partial charge in [-0.05, 0) is 30.7 Å². The molecule has 4 heteroatoms. The first-order chi connectivity index (χ1) is 8.06. The Bertz CT molecular complexity index is 552. The van der Waals surface area contributed by atoms with Crippen molar-refractivity contribution in [3.63, 3.8) is 0 Å². The largest absolute Gasteiger partial charge is 0.454 e. The van der Waals surface area contributed by atoms with Gasteiger partial charge in [-0.3, -0.25) is 0 Å². The Labute approximate surface area is 96.5 Å². The molecule has 17 heavy (non-hydrogen) atoms. The van der Waals surface area contributed by atoms with Gasteiger partial charge in [0.25, 0.3) is 0 Å². The van der Waals surface area contributed by atoms with Gasteiger partial charge in [0.1, 0.15) is 17.4 Å². The van der Waals surface area contributed by atoms with E-state index in [2.05, 4.69) is 0 Å². The first-order valence-corrected chi connectivity index (χ1v) is 4.95. The van der Waals surface area contributed by atoms with Gasteiger partial charge in [-0.25, -0.2) is 13.2 Å². The van der Waals surface area contributed by atoms with Gasteiger partial charge in [0.05, 0.1) is 0 Å². The summed E-state index contributed by atoms with van der Waals surface area (Å²) in [4.78, 5) is 0. The summed E-state index contributed by atoms with van der Waals surface area (Å²) in [5.41, 5.74) is 0.469. The molecule has 0 aliphatic carbocycles. The second-order valence-electron chi connectivity index (χ2n) is 3.59. The van der Waals surface area contributed by atoms with Crippen LogP contribution in [0, 0.1) is 24.4 Å². The topological polar surface area (TPSA) is 9.23 Å². The summed E-state index contributed by atoms with van der Waals surface area (Å²) in [6, 6.07) is 7.12. The zero-order valence-electron chi connectivity index (χ0n) is 9.01. The highest BCUT2D eigenvalue weighted by atomic mass is 19.1. The molecule has 0 aliphatic rings. The molecule has 0 spiro atoms. The van der Waals surface area contributed by atoms with E-state index in [0.29, 0.717) is 11.6 Å². The van der Waals surface area contributed by atoms with Gasteiger partial charge in [0.15, 0.2) is 11.6 Å². The first kappa shape index (κ1) is 11.5. The van der Waals surface area contributed by atoms with E-state index in [4.69, 9.17) is 4.74 Å². The molecule has 0 amide bonds. The van der Waals surface area contributed by atoms with E-state index in [-0.39, 0.29) is 11.5 Å². The molecule has 0 aromatic heterocycles. The van der Waals surface area contributed by atoms with Crippen LogP contribution < -0.4 is 4.74 Å². The molecule has 0 bridgehead atoms. The van der Waals surface area contributed by atoms with Crippen LogP contribution in [0.2, 0.25) is 0 Å². The molecule has 1 nitrogen and oxygen atoms in total. The average molecular weight is 238 g/mol. The highest BCUT2D eigenvalue weighted by Gasteiger charge is 2.07. The maximum Gasteiger partial charge on any atom is 0.168 e. The predicted octanol–water partition coefficient (Wildman–Crippen LogP) is 4.20. The van der Waals surface area contributed by atoms with Crippen molar-refractivity contribution in [3.8, 4) is 11.5 Å². The minimum atomic E-state index is -0.828. The van der Waals surface area contributed by atoms with Gasteiger partial charge in [0.2, 0.25) is 0 Å². The van der Waals surface area contributed by atoms with E-state index in [1.165, 1.54) is 12.1 Å². The molecule has 0 fully saturated rings. The van der Waals surface area contributed by atoms with E-state index < -0.39 is 17.5 Å². The van der Waals surface area contributed by atoms with Gasteiger partial charge in [-0.15, -0.1) is 0 Å². The van der Waals surface area contributed by atoms with E-state index in [1.54, 1.807) is 6.92 Å². The highest BCUT2D eigenvalue weighted by Crippen LogP contribution is 2.26. The third kappa shape index (κ3) is 2.58. The molecule has 0 atom stereocenters. The van der Waals surface area contributed by atoms with Crippen LogP contribution >= 0.6 is 0 Å². The van der Waals surface area contributed by atoms with E-state index >= 15 is 0 Å². The SMILES string of the molecule is Cc1ccc(Oc2ccc(F)cc2F)cc1F. The van der Waals surface area contributed by atoms with E-state index in [9.17, 15) is 13.2 Å². The van der Waals surface area contributed by atoms with Crippen molar-refractivity contribution in [2.45, 2.75) is 6.92 Å². The number of hydrogen-bond acceptors (Lipinski definition) is 1. The number of benzene rings is 2. The summed E-state index contributed by atoms with van der Waals surface area (Å²) in [6.07, 6.45) is 0. The summed E-state index contributed by atoms with van der Waals surface area (Å²) in [6.45, 7) is 1.61. The van der Waals surface area contributed by atoms with Crippen LogP contribution in [0.1, 0.15) is 5.56 Å². The van der Waals surface area contributed by atoms with Crippen LogP contribution in [-0.4, -0.2) is 0 Å². The predicted molar refractivity (Wildman–Crippen MR) is 57.6 cm³/mol. The third-order valence-electron chi connectivity index (χ3n) is 2.27. The van der Waals surface area contributed by atoms with Crippen molar-refractivity contribution in [2.75, 3.05) is 0 Å². The minimum absolute atomic E-state index is 0.144. The van der Waals surface area contributed by atoms with Crippen molar-refractivity contribution >= 4 is 0 Å². The van der Waals surface area contributed by atoms with E-state index in [1.807, 2.05) is 0 Å². The van der Waals surface area contributed by atoms with Crippen LogP contribution in [0.4, 0.5) is 13.2 Å². The summed E-state index contributed by atoms with van der Waals surface area (Å²) in [5, 5.41) is 0. The standard InChI is InChI=1S/C13H9F3O/c1-8-2-4-10(7-11(8)15)17-13-5-3-9(14)6-12(13)16/h2-7H,1H3. The molecule has 88 valence electrons. The van der Waals surface area contributed by atoms with Crippen LogP contribution in [-0.2, 0) is 0 Å². The molecule has 0 aliphatic heterocycles. The van der Waals surface area contributed by atoms with Gasteiger partial charge in [-0.1, -0.05) is 6.07 Å². The molecule has 0 saturated heterocycles. The fourth-order valence-corrected chi connectivity index (χ4v) is 1.32. The monoisotopic (exact) mass is 238 g/mol. The van der Waals surface area contributed by atoms with Crippen molar-refractivity contribution in [3.05, 3.63) is 59.4 Å². The zero-order valence-corrected chi connectivity index (χ0v) is 9.01. The Balaban J connectivity index is 2.28. The Kier molecular flexibility index (Phi) is 3.04. The summed E-state index contributed by atoms with van der Waals surface area (Å²) in [5.74, 6) is -1.94. The lowest BCUT2D eigenvalue weighted by Gasteiger charge is -2.07. The maximum absolute atomic E-state index is 13.3. The smallest absolute Gasteiger partial charge is 0.168 e. The van der Waals surface area contributed by atoms with Crippen LogP contribution in [0.5, 0.6) is 11.5 Å². The lowest BCUT2D eigenvalue weighted by molar-refractivity contribution is 0.434. The van der Waals surface area contributed by atoms with Gasteiger partial charge in [-0.2, -0.15) is 0 Å². The molecule has 0 N–H and O–H groups in total. The van der Waals surface area contributed by atoms with Crippen molar-refractivity contribution < 1.29 is 17.9 Å². The van der Waals surface area contributed by atoms with Crippen LogP contribution in [0.15, 0.2) is 36.4 Å². The molecule has 0 unspecified atom stereocenters. The molecular weight excluding hydrogens is 229 g/mol. The molecule has 2 rings (SSSR count). The van der Waals surface area contributed by atoms with Crippen molar-refractivity contribution in [2.24, 2.45) is 0 Å². The number of rotatable bonds is 2. The molecular formula is C13H9F3O. The molecule has 0 radical (unpaired) electrons. The number of ether oxygens (including phenoxy) is 1. The first-order valence-electron chi connectivity index (χ1n) is 4.95. The lowest BCUT2D eigenvalue weighted by Crippen LogP contribution is -1.91. The van der Waals surface area contributed by atoms with Crippen LogP contribution in [0.25, 0.3) is 0 Å². The fourth-order valence-electron chi connectivity index (χ4n) is 1.32. The maximum atomic E-state index is 13.3. The van der Waals surface area contributed by atoms with E-state index in [0.717, 1.165) is 18.2 Å². The summed E-state index contributed by atoms with van der Waals surface area (Å²) >= 11 is 0. The van der Waals surface area contributed by atoms with Gasteiger partial charge < -0.3 is 4.74 Å². The molecule has 2 aromatic carbocycles. The quantitative estimate of drug-likeness (QED) is 0.761. The number of aryl methyl sites for hydroxylation is 1. The minimum Gasteiger partial charge on any atom is -0.454 e. The zero-order chi connectivity index (χ0) is 12.4. The second-order valence-corrected chi connectivity index (χ2v) is 3.59. The fraction of sp³-hybridized carbons (Fsp3) is 0.0769. The number of hydrogen-bond donors (Lipinski definition) is 0. The molecule has 0 saturated carbocycles. The van der Waals surface area contributed by atoms with Gasteiger partial charge >= 0.3 is 0 Å². The lowest BCUT2D eigenvalue weighted by atomic mass is 10.2. The number of halogens is 3. The second kappa shape index (κ2) is 4.49. The Morgan fingerprint density at radius 3 is 2.29 bits per heavy atom. The Morgan fingerprint density at radius 2 is 1.65 bits per heavy atom. The normalized spacial score (nSPS) is 10.4. The Morgan fingerprint density at radius 1 is 0.882 bits per heavy atom. The molecule has 2 aromatic rings. The summed E-state index contributed by atoms with van der Waals surface area (Å²) in [7, 11) is 0. The van der Waals surface area contributed by atoms with Crippen molar-refractivity contribution in [1.82, 2.24) is 0 Å². The van der Waals surface area contributed by atoms with Crippen LogP contribution in [0.3, 0.4) is 0 Å². The van der Waals surface area contributed by atoms with Crippen molar-refractivity contribution in [1.29, 1.82) is 0 Å². The Hall–Kier alpha value is -1.97.